The molecular weight excluding hydrogens is 328 g/mol. The fourth-order valence-corrected chi connectivity index (χ4v) is 2.39. The number of nitrogens with zero attached hydrogens (tertiary/aromatic N) is 2. The second kappa shape index (κ2) is 9.00. The lowest BCUT2D eigenvalue weighted by Gasteiger charge is -2.30. The van der Waals surface area contributed by atoms with Crippen molar-refractivity contribution in [1.82, 2.24) is 4.90 Å². The molecule has 0 saturated heterocycles. The maximum atomic E-state index is 12.9. The van der Waals surface area contributed by atoms with E-state index >= 15 is 0 Å². The molecule has 1 amide bonds. The largest absolute Gasteiger partial charge is 0.490 e. The first-order chi connectivity index (χ1) is 11.8. The average molecular weight is 352 g/mol. The smallest absolute Gasteiger partial charge is 0.311 e. The van der Waals surface area contributed by atoms with E-state index in [2.05, 4.69) is 0 Å². The number of amides is 1. The van der Waals surface area contributed by atoms with E-state index in [1.807, 2.05) is 13.8 Å². The van der Waals surface area contributed by atoms with Gasteiger partial charge < -0.3 is 14.4 Å². The summed E-state index contributed by atoms with van der Waals surface area (Å²) in [5, 5.41) is 11.2. The number of nitro groups is 1. The molecule has 0 N–H and O–H groups in total. The second-order valence-corrected chi connectivity index (χ2v) is 5.78. The molecule has 1 aromatic rings. The van der Waals surface area contributed by atoms with Gasteiger partial charge in [0.05, 0.1) is 25.1 Å². The Kier molecular flexibility index (Phi) is 7.35. The zero-order chi connectivity index (χ0) is 19.1. The van der Waals surface area contributed by atoms with E-state index in [1.165, 1.54) is 37.3 Å². The Hall–Kier alpha value is -2.64. The Morgan fingerprint density at radius 3 is 2.40 bits per heavy atom. The Balaban J connectivity index is 3.19. The van der Waals surface area contributed by atoms with Crippen LogP contribution in [0.2, 0.25) is 0 Å². The summed E-state index contributed by atoms with van der Waals surface area (Å²) in [5.74, 6) is -1.21. The summed E-state index contributed by atoms with van der Waals surface area (Å²) in [6.45, 7) is 5.62. The van der Waals surface area contributed by atoms with Gasteiger partial charge >= 0.3 is 11.7 Å². The van der Waals surface area contributed by atoms with Gasteiger partial charge in [0.25, 0.3) is 5.91 Å². The van der Waals surface area contributed by atoms with Crippen molar-refractivity contribution in [2.45, 2.75) is 33.2 Å². The highest BCUT2D eigenvalue weighted by Crippen LogP contribution is 2.28. The quantitative estimate of drug-likeness (QED) is 0.405. The molecule has 8 nitrogen and oxygen atoms in total. The van der Waals surface area contributed by atoms with Crippen LogP contribution < -0.4 is 4.74 Å². The third-order valence-corrected chi connectivity index (χ3v) is 4.08. The Labute approximate surface area is 146 Å². The molecule has 2 unspecified atom stereocenters. The number of carbonyl (C=O) groups is 2. The molecule has 25 heavy (non-hydrogen) atoms. The molecule has 0 aliphatic carbocycles. The predicted molar refractivity (Wildman–Crippen MR) is 91.6 cm³/mol. The second-order valence-electron chi connectivity index (χ2n) is 5.78. The van der Waals surface area contributed by atoms with Crippen molar-refractivity contribution >= 4 is 17.6 Å². The number of hydrogen-bond donors (Lipinski definition) is 0. The Morgan fingerprint density at radius 2 is 1.92 bits per heavy atom. The number of nitro benzene ring substituents is 1. The van der Waals surface area contributed by atoms with Gasteiger partial charge in [-0.2, -0.15) is 0 Å². The number of ether oxygens (including phenoxy) is 2. The van der Waals surface area contributed by atoms with Crippen molar-refractivity contribution in [1.29, 1.82) is 0 Å². The molecule has 0 bridgehead atoms. The molecule has 2 atom stereocenters. The van der Waals surface area contributed by atoms with Crippen LogP contribution in [0.1, 0.15) is 37.6 Å². The third kappa shape index (κ3) is 4.91. The van der Waals surface area contributed by atoms with Crippen molar-refractivity contribution in [3.63, 3.8) is 0 Å². The number of rotatable bonds is 8. The summed E-state index contributed by atoms with van der Waals surface area (Å²) >= 11 is 0. The molecule has 0 aliphatic heterocycles. The highest BCUT2D eigenvalue weighted by Gasteiger charge is 2.27. The first kappa shape index (κ1) is 20.4. The first-order valence-electron chi connectivity index (χ1n) is 7.97. The number of hydrogen-bond acceptors (Lipinski definition) is 6. The van der Waals surface area contributed by atoms with Crippen LogP contribution >= 0.6 is 0 Å². The minimum Gasteiger partial charge on any atom is -0.490 e. The van der Waals surface area contributed by atoms with Crippen LogP contribution in [-0.2, 0) is 9.53 Å². The lowest BCUT2D eigenvalue weighted by Crippen LogP contribution is -2.42. The van der Waals surface area contributed by atoms with Crippen molar-refractivity contribution in [3.8, 4) is 5.75 Å². The number of esters is 1. The Morgan fingerprint density at radius 1 is 1.28 bits per heavy atom. The predicted octanol–water partition coefficient (Wildman–Crippen LogP) is 2.65. The van der Waals surface area contributed by atoms with Gasteiger partial charge in [-0.15, -0.1) is 0 Å². The minimum absolute atomic E-state index is 0.0829. The van der Waals surface area contributed by atoms with Gasteiger partial charge in [-0.05, 0) is 25.5 Å². The van der Waals surface area contributed by atoms with Gasteiger partial charge in [0, 0.05) is 24.2 Å². The molecule has 8 heteroatoms. The van der Waals surface area contributed by atoms with Gasteiger partial charge in [0.1, 0.15) is 0 Å². The molecule has 0 radical (unpaired) electrons. The van der Waals surface area contributed by atoms with E-state index in [0.717, 1.165) is 0 Å². The molecule has 0 spiro atoms. The third-order valence-electron chi connectivity index (χ3n) is 4.08. The minimum atomic E-state index is -0.597. The summed E-state index contributed by atoms with van der Waals surface area (Å²) < 4.78 is 9.66. The highest BCUT2D eigenvalue weighted by atomic mass is 16.6. The fourth-order valence-electron chi connectivity index (χ4n) is 2.39. The lowest BCUT2D eigenvalue weighted by molar-refractivity contribution is -0.385. The van der Waals surface area contributed by atoms with E-state index in [-0.39, 0.29) is 35.5 Å². The van der Waals surface area contributed by atoms with Crippen LogP contribution in [0.4, 0.5) is 5.69 Å². The highest BCUT2D eigenvalue weighted by molar-refractivity contribution is 5.95. The molecule has 0 heterocycles. The van der Waals surface area contributed by atoms with E-state index < -0.39 is 16.8 Å². The summed E-state index contributed by atoms with van der Waals surface area (Å²) in [6.07, 6.45) is 0.678. The van der Waals surface area contributed by atoms with Crippen molar-refractivity contribution in [2.75, 3.05) is 20.8 Å². The van der Waals surface area contributed by atoms with Gasteiger partial charge in [-0.3, -0.25) is 19.7 Å². The van der Waals surface area contributed by atoms with Gasteiger partial charge in [-0.25, -0.2) is 0 Å². The van der Waals surface area contributed by atoms with E-state index in [0.29, 0.717) is 6.42 Å². The lowest BCUT2D eigenvalue weighted by atomic mass is 10.1. The van der Waals surface area contributed by atoms with E-state index in [4.69, 9.17) is 9.47 Å². The number of benzene rings is 1. The molecule has 1 rings (SSSR count). The fraction of sp³-hybridized carbons (Fsp3) is 0.529. The van der Waals surface area contributed by atoms with E-state index in [9.17, 15) is 19.7 Å². The zero-order valence-corrected chi connectivity index (χ0v) is 15.1. The molecule has 0 fully saturated rings. The normalized spacial score (nSPS) is 12.8. The molecule has 0 aromatic heterocycles. The molecule has 138 valence electrons. The van der Waals surface area contributed by atoms with Crippen molar-refractivity contribution < 1.29 is 24.0 Å². The summed E-state index contributed by atoms with van der Waals surface area (Å²) in [4.78, 5) is 36.7. The van der Waals surface area contributed by atoms with Crippen molar-refractivity contribution in [3.05, 3.63) is 33.9 Å². The average Bonchev–Trinajstić information content (AvgIpc) is 2.63. The maximum Gasteiger partial charge on any atom is 0.311 e. The number of methoxy groups -OCH3 is 2. The van der Waals surface area contributed by atoms with Gasteiger partial charge in [0.2, 0.25) is 0 Å². The van der Waals surface area contributed by atoms with Crippen LogP contribution in [-0.4, -0.2) is 48.5 Å². The molecule has 0 saturated carbocycles. The van der Waals surface area contributed by atoms with Crippen LogP contribution in [0.5, 0.6) is 5.75 Å². The monoisotopic (exact) mass is 352 g/mol. The van der Waals surface area contributed by atoms with Crippen molar-refractivity contribution in [2.24, 2.45) is 5.92 Å². The van der Waals surface area contributed by atoms with Crippen LogP contribution in [0.15, 0.2) is 18.2 Å². The molecule has 1 aromatic carbocycles. The molecular formula is C17H24N2O6. The first-order valence-corrected chi connectivity index (χ1v) is 7.97. The summed E-state index contributed by atoms with van der Waals surface area (Å²) in [5.41, 5.74) is -0.108. The van der Waals surface area contributed by atoms with Crippen LogP contribution in [0.25, 0.3) is 0 Å². The maximum absolute atomic E-state index is 12.9. The number of carbonyl (C=O) groups excluding carboxylic acids is 2. The van der Waals surface area contributed by atoms with E-state index in [1.54, 1.807) is 6.92 Å². The topological polar surface area (TPSA) is 99.0 Å². The Bertz CT molecular complexity index is 646. The summed E-state index contributed by atoms with van der Waals surface area (Å²) in [7, 11) is 2.62. The summed E-state index contributed by atoms with van der Waals surface area (Å²) in [6, 6.07) is 3.93. The van der Waals surface area contributed by atoms with Crippen LogP contribution in [0.3, 0.4) is 0 Å². The molecule has 0 aliphatic rings. The van der Waals surface area contributed by atoms with Gasteiger partial charge in [0.15, 0.2) is 5.75 Å². The van der Waals surface area contributed by atoms with Gasteiger partial charge in [-0.1, -0.05) is 13.8 Å². The van der Waals surface area contributed by atoms with Crippen LogP contribution in [0, 0.1) is 16.0 Å². The zero-order valence-electron chi connectivity index (χ0n) is 15.1. The standard InChI is InChI=1S/C17H24N2O6/c1-6-12(3)18(10-11(2)17(21)25-5)16(20)13-7-8-15(24-4)14(9-13)19(22)23/h7-9,11-12H,6,10H2,1-5H3. The SMILES string of the molecule is CCC(C)N(CC(C)C(=O)OC)C(=O)c1ccc(OC)c([N+](=O)[O-])c1.